The van der Waals surface area contributed by atoms with Crippen LogP contribution >= 0.6 is 0 Å². The molecule has 0 aliphatic heterocycles. The Bertz CT molecular complexity index is 651. The van der Waals surface area contributed by atoms with Gasteiger partial charge < -0.3 is 4.90 Å². The fourth-order valence-corrected chi connectivity index (χ4v) is 2.53. The van der Waals surface area contributed by atoms with E-state index >= 15 is 0 Å². The summed E-state index contributed by atoms with van der Waals surface area (Å²) >= 11 is 0. The molecular formula is C15H21F2NO3S. The average Bonchev–Trinajstić information content (AvgIpc) is 2.30. The van der Waals surface area contributed by atoms with Crippen LogP contribution in [-0.2, 0) is 21.1 Å². The van der Waals surface area contributed by atoms with E-state index in [2.05, 4.69) is 0 Å². The fraction of sp³-hybridized carbons (Fsp3) is 0.533. The highest BCUT2D eigenvalue weighted by atomic mass is 32.2. The molecule has 0 aliphatic rings. The van der Waals surface area contributed by atoms with E-state index in [0.29, 0.717) is 5.56 Å². The summed E-state index contributed by atoms with van der Waals surface area (Å²) in [6, 6.07) is 3.29. The molecule has 124 valence electrons. The molecular weight excluding hydrogens is 312 g/mol. The third-order valence-electron chi connectivity index (χ3n) is 3.14. The maximum Gasteiger partial charge on any atom is 0.227 e. The van der Waals surface area contributed by atoms with Crippen molar-refractivity contribution in [2.45, 2.75) is 32.7 Å². The Morgan fingerprint density at radius 1 is 1.18 bits per heavy atom. The van der Waals surface area contributed by atoms with Gasteiger partial charge in [0.1, 0.15) is 9.84 Å². The zero-order valence-corrected chi connectivity index (χ0v) is 14.0. The highest BCUT2D eigenvalue weighted by Gasteiger charge is 2.27. The molecule has 0 fully saturated rings. The first-order valence-corrected chi connectivity index (χ1v) is 8.88. The van der Waals surface area contributed by atoms with Crippen LogP contribution in [0.1, 0.15) is 26.3 Å². The van der Waals surface area contributed by atoms with Gasteiger partial charge in [-0.1, -0.05) is 6.07 Å². The number of hydrogen-bond acceptors (Lipinski definition) is 3. The molecule has 0 radical (unpaired) electrons. The van der Waals surface area contributed by atoms with Crippen molar-refractivity contribution in [3.63, 3.8) is 0 Å². The summed E-state index contributed by atoms with van der Waals surface area (Å²) in [5, 5.41) is 0. The van der Waals surface area contributed by atoms with E-state index in [1.54, 1.807) is 20.8 Å². The van der Waals surface area contributed by atoms with Gasteiger partial charge in [0, 0.05) is 18.3 Å². The molecule has 0 atom stereocenters. The molecule has 1 rings (SSSR count). The largest absolute Gasteiger partial charge is 0.337 e. The molecule has 0 unspecified atom stereocenters. The van der Waals surface area contributed by atoms with Crippen molar-refractivity contribution in [3.8, 4) is 0 Å². The van der Waals surface area contributed by atoms with Gasteiger partial charge in [-0.05, 0) is 38.5 Å². The van der Waals surface area contributed by atoms with Crippen LogP contribution in [0.4, 0.5) is 8.78 Å². The van der Waals surface area contributed by atoms with Crippen LogP contribution in [0.2, 0.25) is 0 Å². The first-order valence-electron chi connectivity index (χ1n) is 6.82. The number of halogens is 2. The highest BCUT2D eigenvalue weighted by Crippen LogP contribution is 2.17. The number of carbonyl (C=O) groups excluding carboxylic acids is 1. The summed E-state index contributed by atoms with van der Waals surface area (Å²) in [6.45, 7) is 5.43. The van der Waals surface area contributed by atoms with Crippen molar-refractivity contribution in [1.29, 1.82) is 0 Å². The Kier molecular flexibility index (Phi) is 5.67. The van der Waals surface area contributed by atoms with E-state index in [9.17, 15) is 22.0 Å². The van der Waals surface area contributed by atoms with E-state index < -0.39 is 27.0 Å². The Hall–Kier alpha value is -1.50. The molecule has 7 heteroatoms. The summed E-state index contributed by atoms with van der Waals surface area (Å²) in [7, 11) is -3.20. The third kappa shape index (κ3) is 5.71. The van der Waals surface area contributed by atoms with Gasteiger partial charge in [-0.3, -0.25) is 4.79 Å². The molecule has 1 aromatic carbocycles. The summed E-state index contributed by atoms with van der Waals surface area (Å²) in [5.74, 6) is -2.46. The number of amides is 1. The zero-order valence-electron chi connectivity index (χ0n) is 13.2. The Labute approximate surface area is 130 Å². The fourth-order valence-electron chi connectivity index (χ4n) is 2.01. The van der Waals surface area contributed by atoms with Gasteiger partial charge in [-0.15, -0.1) is 0 Å². The van der Waals surface area contributed by atoms with Crippen molar-refractivity contribution >= 4 is 15.7 Å². The van der Waals surface area contributed by atoms with Crippen molar-refractivity contribution in [3.05, 3.63) is 35.4 Å². The second-order valence-corrected chi connectivity index (χ2v) is 8.53. The SMILES string of the molecule is CC(C)(C)N(CCS(C)(=O)=O)C(=O)Cc1ccc(F)c(F)c1. The quantitative estimate of drug-likeness (QED) is 0.830. The minimum atomic E-state index is -3.20. The van der Waals surface area contributed by atoms with Crippen LogP contribution < -0.4 is 0 Å². The van der Waals surface area contributed by atoms with E-state index in [1.807, 2.05) is 0 Å². The lowest BCUT2D eigenvalue weighted by Gasteiger charge is -2.35. The molecule has 0 aliphatic carbocycles. The molecule has 22 heavy (non-hydrogen) atoms. The molecule has 0 aromatic heterocycles. The maximum absolute atomic E-state index is 13.2. The van der Waals surface area contributed by atoms with Crippen LogP contribution in [0.5, 0.6) is 0 Å². The normalized spacial score (nSPS) is 12.3. The maximum atomic E-state index is 13.2. The van der Waals surface area contributed by atoms with Gasteiger partial charge in [0.25, 0.3) is 0 Å². The van der Waals surface area contributed by atoms with Crippen LogP contribution in [0, 0.1) is 11.6 Å². The Morgan fingerprint density at radius 2 is 1.77 bits per heavy atom. The van der Waals surface area contributed by atoms with Crippen molar-refractivity contribution in [1.82, 2.24) is 4.90 Å². The predicted octanol–water partition coefficient (Wildman–Crippen LogP) is 2.18. The van der Waals surface area contributed by atoms with Crippen LogP contribution in [-0.4, -0.2) is 43.3 Å². The average molecular weight is 333 g/mol. The Balaban J connectivity index is 2.90. The second kappa shape index (κ2) is 6.73. The number of nitrogens with zero attached hydrogens (tertiary/aromatic N) is 1. The second-order valence-electron chi connectivity index (χ2n) is 6.27. The Morgan fingerprint density at radius 3 is 2.23 bits per heavy atom. The predicted molar refractivity (Wildman–Crippen MR) is 81.2 cm³/mol. The van der Waals surface area contributed by atoms with Crippen LogP contribution in [0.15, 0.2) is 18.2 Å². The van der Waals surface area contributed by atoms with Crippen molar-refractivity contribution in [2.24, 2.45) is 0 Å². The van der Waals surface area contributed by atoms with Crippen molar-refractivity contribution < 1.29 is 22.0 Å². The lowest BCUT2D eigenvalue weighted by atomic mass is 10.0. The van der Waals surface area contributed by atoms with E-state index in [0.717, 1.165) is 18.4 Å². The standard InChI is InChI=1S/C15H21F2NO3S/c1-15(2,3)18(7-8-22(4,20)21)14(19)10-11-5-6-12(16)13(17)9-11/h5-6,9H,7-8,10H2,1-4H3. The summed E-state index contributed by atoms with van der Waals surface area (Å²) in [5.41, 5.74) is -0.224. The van der Waals surface area contributed by atoms with Crippen molar-refractivity contribution in [2.75, 3.05) is 18.6 Å². The molecule has 0 heterocycles. The van der Waals surface area contributed by atoms with Gasteiger partial charge in [0.15, 0.2) is 11.6 Å². The first kappa shape index (κ1) is 18.5. The minimum Gasteiger partial charge on any atom is -0.337 e. The van der Waals surface area contributed by atoms with Crippen LogP contribution in [0.25, 0.3) is 0 Å². The smallest absolute Gasteiger partial charge is 0.227 e. The summed E-state index contributed by atoms with van der Waals surface area (Å²) < 4.78 is 48.7. The van der Waals surface area contributed by atoms with Gasteiger partial charge in [0.05, 0.1) is 12.2 Å². The number of hydrogen-bond donors (Lipinski definition) is 0. The van der Waals surface area contributed by atoms with Gasteiger partial charge in [-0.25, -0.2) is 17.2 Å². The molecule has 0 saturated heterocycles. The molecule has 1 aromatic rings. The summed E-state index contributed by atoms with van der Waals surface area (Å²) in [6.07, 6.45) is 0.992. The molecule has 0 bridgehead atoms. The lowest BCUT2D eigenvalue weighted by molar-refractivity contribution is -0.134. The van der Waals surface area contributed by atoms with Gasteiger partial charge in [-0.2, -0.15) is 0 Å². The topological polar surface area (TPSA) is 54.5 Å². The minimum absolute atomic E-state index is 0.0604. The van der Waals surface area contributed by atoms with E-state index in [1.165, 1.54) is 11.0 Å². The summed E-state index contributed by atoms with van der Waals surface area (Å²) in [4.78, 5) is 13.8. The third-order valence-corrected chi connectivity index (χ3v) is 4.06. The highest BCUT2D eigenvalue weighted by molar-refractivity contribution is 7.90. The molecule has 0 saturated carbocycles. The van der Waals surface area contributed by atoms with E-state index in [4.69, 9.17) is 0 Å². The van der Waals surface area contributed by atoms with Gasteiger partial charge in [0.2, 0.25) is 5.91 Å². The molecule has 0 spiro atoms. The number of carbonyl (C=O) groups is 1. The van der Waals surface area contributed by atoms with Crippen LogP contribution in [0.3, 0.4) is 0 Å². The number of sulfone groups is 1. The van der Waals surface area contributed by atoms with Gasteiger partial charge >= 0.3 is 0 Å². The zero-order chi connectivity index (χ0) is 17.1. The van der Waals surface area contributed by atoms with E-state index in [-0.39, 0.29) is 24.6 Å². The number of benzene rings is 1. The monoisotopic (exact) mass is 333 g/mol. The molecule has 0 N–H and O–H groups in total. The molecule has 4 nitrogen and oxygen atoms in total. The number of rotatable bonds is 5. The molecule has 1 amide bonds. The lowest BCUT2D eigenvalue weighted by Crippen LogP contribution is -2.48. The first-order chi connectivity index (χ1) is 9.90.